The molecule has 0 aliphatic carbocycles. The van der Waals surface area contributed by atoms with Gasteiger partial charge in [0.1, 0.15) is 0 Å². The van der Waals surface area contributed by atoms with E-state index in [2.05, 4.69) is 60.0 Å². The number of hydrogen-bond donors (Lipinski definition) is 0. The molecule has 1 saturated heterocycles. The second kappa shape index (κ2) is 8.27. The fraction of sp³-hybridized carbons (Fsp3) is 0.450. The highest BCUT2D eigenvalue weighted by Gasteiger charge is 2.20. The molecule has 1 aromatic carbocycles. The van der Waals surface area contributed by atoms with E-state index in [9.17, 15) is 0 Å². The zero-order chi connectivity index (χ0) is 16.8. The lowest BCUT2D eigenvalue weighted by Gasteiger charge is -2.25. The van der Waals surface area contributed by atoms with Gasteiger partial charge in [-0.05, 0) is 25.3 Å². The lowest BCUT2D eigenvalue weighted by molar-refractivity contribution is 0.0678. The van der Waals surface area contributed by atoms with Gasteiger partial charge in [0.15, 0.2) is 0 Å². The van der Waals surface area contributed by atoms with Gasteiger partial charge in [0.2, 0.25) is 0 Å². The summed E-state index contributed by atoms with van der Waals surface area (Å²) >= 11 is 0. The summed E-state index contributed by atoms with van der Waals surface area (Å²) in [6.07, 6.45) is 6.73. The van der Waals surface area contributed by atoms with Gasteiger partial charge in [-0.2, -0.15) is 5.10 Å². The molecule has 1 aromatic heterocycles. The second-order valence-corrected chi connectivity index (χ2v) is 6.54. The van der Waals surface area contributed by atoms with Crippen LogP contribution >= 0.6 is 0 Å². The van der Waals surface area contributed by atoms with Crippen molar-refractivity contribution < 1.29 is 4.74 Å². The van der Waals surface area contributed by atoms with E-state index in [0.717, 1.165) is 38.5 Å². The Morgan fingerprint density at radius 2 is 2.17 bits per heavy atom. The van der Waals surface area contributed by atoms with Crippen molar-refractivity contribution in [2.45, 2.75) is 45.5 Å². The lowest BCUT2D eigenvalue weighted by Crippen LogP contribution is -2.31. The van der Waals surface area contributed by atoms with Crippen LogP contribution in [0.4, 0.5) is 0 Å². The molecular weight excluding hydrogens is 298 g/mol. The van der Waals surface area contributed by atoms with Crippen LogP contribution in [-0.2, 0) is 24.4 Å². The fourth-order valence-corrected chi connectivity index (χ4v) is 3.28. The molecule has 1 aliphatic heterocycles. The Balaban J connectivity index is 1.71. The van der Waals surface area contributed by atoms with E-state index >= 15 is 0 Å². The topological polar surface area (TPSA) is 30.3 Å². The molecule has 1 atom stereocenters. The highest BCUT2D eigenvalue weighted by molar-refractivity contribution is 5.18. The van der Waals surface area contributed by atoms with Crippen LogP contribution in [0.15, 0.2) is 49.2 Å². The maximum atomic E-state index is 5.86. The van der Waals surface area contributed by atoms with Gasteiger partial charge in [0, 0.05) is 38.0 Å². The number of allylic oxidation sites excluding steroid dienone is 1. The van der Waals surface area contributed by atoms with E-state index in [-0.39, 0.29) is 0 Å². The van der Waals surface area contributed by atoms with Gasteiger partial charge in [0.25, 0.3) is 0 Å². The third-order valence-corrected chi connectivity index (χ3v) is 4.49. The first-order valence-electron chi connectivity index (χ1n) is 8.76. The third kappa shape index (κ3) is 4.56. The number of rotatable bonds is 8. The minimum Gasteiger partial charge on any atom is -0.377 e. The summed E-state index contributed by atoms with van der Waals surface area (Å²) in [5.41, 5.74) is 3.72. The fourth-order valence-electron chi connectivity index (χ4n) is 3.28. The molecule has 1 fully saturated rings. The monoisotopic (exact) mass is 325 g/mol. The summed E-state index contributed by atoms with van der Waals surface area (Å²) in [6, 6.07) is 10.7. The number of hydrogen-bond acceptors (Lipinski definition) is 3. The standard InChI is InChI=1S/C20H27N3O/c1-3-11-23-15-19(17(2)21-23)14-22(16-20-10-7-12-24-20)13-18-8-5-4-6-9-18/h3-6,8-9,15,20H,1,7,10-14,16H2,2H3/t20-/m0/s1. The molecule has 2 heterocycles. The van der Waals surface area contributed by atoms with Gasteiger partial charge >= 0.3 is 0 Å². The molecule has 0 N–H and O–H groups in total. The molecule has 3 rings (SSSR count). The molecular formula is C20H27N3O. The first kappa shape index (κ1) is 16.9. The molecule has 0 amide bonds. The first-order valence-corrected chi connectivity index (χ1v) is 8.76. The zero-order valence-electron chi connectivity index (χ0n) is 14.5. The Morgan fingerprint density at radius 3 is 2.88 bits per heavy atom. The maximum absolute atomic E-state index is 5.86. The number of nitrogens with zero attached hydrogens (tertiary/aromatic N) is 3. The van der Waals surface area contributed by atoms with Gasteiger partial charge in [0.05, 0.1) is 18.3 Å². The summed E-state index contributed by atoms with van der Waals surface area (Å²) in [7, 11) is 0. The summed E-state index contributed by atoms with van der Waals surface area (Å²) in [5.74, 6) is 0. The van der Waals surface area contributed by atoms with Gasteiger partial charge in [-0.15, -0.1) is 6.58 Å². The van der Waals surface area contributed by atoms with E-state index < -0.39 is 0 Å². The summed E-state index contributed by atoms with van der Waals surface area (Å²) in [4.78, 5) is 2.48. The van der Waals surface area contributed by atoms with E-state index in [0.29, 0.717) is 6.10 Å². The van der Waals surface area contributed by atoms with E-state index in [1.807, 2.05) is 10.8 Å². The number of aromatic nitrogens is 2. The summed E-state index contributed by atoms with van der Waals surface area (Å²) < 4.78 is 7.82. The summed E-state index contributed by atoms with van der Waals surface area (Å²) in [5, 5.41) is 4.58. The van der Waals surface area contributed by atoms with Crippen LogP contribution in [0.3, 0.4) is 0 Å². The van der Waals surface area contributed by atoms with Crippen molar-refractivity contribution >= 4 is 0 Å². The van der Waals surface area contributed by atoms with Gasteiger partial charge in [-0.25, -0.2) is 0 Å². The molecule has 0 spiro atoms. The Bertz CT molecular complexity index is 644. The largest absolute Gasteiger partial charge is 0.377 e. The number of ether oxygens (including phenoxy) is 1. The molecule has 0 bridgehead atoms. The molecule has 0 radical (unpaired) electrons. The quantitative estimate of drug-likeness (QED) is 0.695. The molecule has 4 heteroatoms. The second-order valence-electron chi connectivity index (χ2n) is 6.54. The van der Waals surface area contributed by atoms with Crippen LogP contribution < -0.4 is 0 Å². The highest BCUT2D eigenvalue weighted by Crippen LogP contribution is 2.18. The van der Waals surface area contributed by atoms with E-state index in [1.54, 1.807) is 0 Å². The van der Waals surface area contributed by atoms with Gasteiger partial charge in [-0.1, -0.05) is 36.4 Å². The van der Waals surface area contributed by atoms with Crippen molar-refractivity contribution in [1.82, 2.24) is 14.7 Å². The van der Waals surface area contributed by atoms with Crippen LogP contribution in [-0.4, -0.2) is 33.9 Å². The third-order valence-electron chi connectivity index (χ3n) is 4.49. The van der Waals surface area contributed by atoms with Crippen molar-refractivity contribution in [2.75, 3.05) is 13.2 Å². The maximum Gasteiger partial charge on any atom is 0.0703 e. The molecule has 2 aromatic rings. The Hall–Kier alpha value is -1.91. The van der Waals surface area contributed by atoms with E-state index in [4.69, 9.17) is 4.74 Å². The average Bonchev–Trinajstić information content (AvgIpc) is 3.19. The number of benzene rings is 1. The average molecular weight is 325 g/mol. The molecule has 1 aliphatic rings. The van der Waals surface area contributed by atoms with Crippen molar-refractivity contribution in [3.8, 4) is 0 Å². The minimum atomic E-state index is 0.359. The summed E-state index contributed by atoms with van der Waals surface area (Å²) in [6.45, 7) is 10.3. The van der Waals surface area contributed by atoms with Crippen LogP contribution in [0, 0.1) is 6.92 Å². The van der Waals surface area contributed by atoms with Gasteiger partial charge < -0.3 is 4.74 Å². The van der Waals surface area contributed by atoms with Crippen molar-refractivity contribution in [2.24, 2.45) is 0 Å². The highest BCUT2D eigenvalue weighted by atomic mass is 16.5. The van der Waals surface area contributed by atoms with Crippen LogP contribution in [0.2, 0.25) is 0 Å². The van der Waals surface area contributed by atoms with Crippen LogP contribution in [0.5, 0.6) is 0 Å². The van der Waals surface area contributed by atoms with Crippen molar-refractivity contribution in [3.05, 3.63) is 66.0 Å². The van der Waals surface area contributed by atoms with Crippen LogP contribution in [0.1, 0.15) is 29.7 Å². The normalized spacial score (nSPS) is 17.5. The predicted octanol–water partition coefficient (Wildman–Crippen LogP) is 3.56. The molecule has 0 saturated carbocycles. The van der Waals surface area contributed by atoms with Crippen LogP contribution in [0.25, 0.3) is 0 Å². The molecule has 0 unspecified atom stereocenters. The molecule has 24 heavy (non-hydrogen) atoms. The van der Waals surface area contributed by atoms with Crippen molar-refractivity contribution in [1.29, 1.82) is 0 Å². The molecule has 4 nitrogen and oxygen atoms in total. The predicted molar refractivity (Wildman–Crippen MR) is 96.7 cm³/mol. The van der Waals surface area contributed by atoms with Crippen molar-refractivity contribution in [3.63, 3.8) is 0 Å². The zero-order valence-corrected chi connectivity index (χ0v) is 14.5. The number of aryl methyl sites for hydroxylation is 1. The Morgan fingerprint density at radius 1 is 1.33 bits per heavy atom. The molecule has 128 valence electrons. The lowest BCUT2D eigenvalue weighted by atomic mass is 10.1. The minimum absolute atomic E-state index is 0.359. The Labute approximate surface area is 144 Å². The smallest absolute Gasteiger partial charge is 0.0703 e. The van der Waals surface area contributed by atoms with Gasteiger partial charge in [-0.3, -0.25) is 9.58 Å². The first-order chi connectivity index (χ1) is 11.7. The Kier molecular flexibility index (Phi) is 5.83. The SMILES string of the molecule is C=CCn1cc(CN(Cc2ccccc2)C[C@@H]2CCCO2)c(C)n1. The van der Waals surface area contributed by atoms with E-state index in [1.165, 1.54) is 24.0 Å².